The van der Waals surface area contributed by atoms with Crippen LogP contribution in [-0.2, 0) is 9.63 Å². The van der Waals surface area contributed by atoms with Crippen molar-refractivity contribution in [2.24, 2.45) is 5.16 Å². The molecule has 1 aliphatic rings. The van der Waals surface area contributed by atoms with Crippen molar-refractivity contribution in [2.75, 3.05) is 14.2 Å². The van der Waals surface area contributed by atoms with Gasteiger partial charge >= 0.3 is 5.97 Å². The third kappa shape index (κ3) is 3.05. The van der Waals surface area contributed by atoms with Crippen LogP contribution in [0.2, 0.25) is 0 Å². The number of oxime groups is 1. The molecule has 1 aliphatic carbocycles. The summed E-state index contributed by atoms with van der Waals surface area (Å²) in [6.07, 6.45) is 2.55. The molecule has 0 atom stereocenters. The topological polar surface area (TPSA) is 91.3 Å². The van der Waals surface area contributed by atoms with Crippen LogP contribution in [0.5, 0.6) is 11.5 Å². The first kappa shape index (κ1) is 17.4. The summed E-state index contributed by atoms with van der Waals surface area (Å²) in [4.78, 5) is 40.4. The maximum atomic E-state index is 12.3. The minimum absolute atomic E-state index is 0.107. The maximum absolute atomic E-state index is 12.3. The van der Waals surface area contributed by atoms with Crippen molar-refractivity contribution in [2.45, 2.75) is 20.3 Å². The molecule has 0 fully saturated rings. The molecule has 0 saturated heterocycles. The van der Waals surface area contributed by atoms with E-state index in [2.05, 4.69) is 5.16 Å². The summed E-state index contributed by atoms with van der Waals surface area (Å²) < 4.78 is 10.6. The van der Waals surface area contributed by atoms with E-state index in [1.165, 1.54) is 32.4 Å². The van der Waals surface area contributed by atoms with Crippen molar-refractivity contribution in [1.29, 1.82) is 0 Å². The highest BCUT2D eigenvalue weighted by Gasteiger charge is 2.30. The number of ketones is 2. The molecule has 0 radical (unpaired) electrons. The van der Waals surface area contributed by atoms with Gasteiger partial charge in [0, 0.05) is 12.0 Å². The first-order valence-electron chi connectivity index (χ1n) is 7.25. The van der Waals surface area contributed by atoms with Gasteiger partial charge in [-0.05, 0) is 25.1 Å². The van der Waals surface area contributed by atoms with Crippen LogP contribution in [0.15, 0.2) is 23.4 Å². The number of hydrogen-bond donors (Lipinski definition) is 0. The van der Waals surface area contributed by atoms with Crippen LogP contribution in [-0.4, -0.2) is 37.5 Å². The largest absolute Gasteiger partial charge is 0.496 e. The molecule has 1 aromatic rings. The van der Waals surface area contributed by atoms with Crippen molar-refractivity contribution < 1.29 is 28.7 Å². The SMILES string of the molecule is CCC(=O)ON=C(C)c1cc(OC)c2c(c1OC)C(=O)C=CC2=O. The minimum atomic E-state index is -0.493. The van der Waals surface area contributed by atoms with Crippen molar-refractivity contribution >= 4 is 23.2 Å². The first-order valence-corrected chi connectivity index (χ1v) is 7.25. The lowest BCUT2D eigenvalue weighted by Crippen LogP contribution is -2.17. The number of methoxy groups -OCH3 is 2. The summed E-state index contributed by atoms with van der Waals surface area (Å²) in [5.41, 5.74) is 0.956. The molecule has 0 amide bonds. The van der Waals surface area contributed by atoms with Crippen LogP contribution in [0.4, 0.5) is 0 Å². The van der Waals surface area contributed by atoms with E-state index >= 15 is 0 Å². The summed E-state index contributed by atoms with van der Waals surface area (Å²) in [6.45, 7) is 3.24. The average molecular weight is 331 g/mol. The number of allylic oxidation sites excluding steroid dienone is 2. The van der Waals surface area contributed by atoms with Gasteiger partial charge in [-0.2, -0.15) is 0 Å². The fraction of sp³-hybridized carbons (Fsp3) is 0.294. The third-order valence-corrected chi connectivity index (χ3v) is 3.51. The lowest BCUT2D eigenvalue weighted by Gasteiger charge is -2.19. The Hall–Kier alpha value is -2.96. The number of fused-ring (bicyclic) bond motifs is 1. The van der Waals surface area contributed by atoms with Crippen LogP contribution < -0.4 is 9.47 Å². The zero-order valence-electron chi connectivity index (χ0n) is 13.8. The lowest BCUT2D eigenvalue weighted by molar-refractivity contribution is -0.143. The Morgan fingerprint density at radius 2 is 1.71 bits per heavy atom. The van der Waals surface area contributed by atoms with E-state index in [-0.39, 0.29) is 40.6 Å². The summed E-state index contributed by atoms with van der Waals surface area (Å²) in [6, 6.07) is 1.53. The monoisotopic (exact) mass is 331 g/mol. The van der Waals surface area contributed by atoms with Gasteiger partial charge < -0.3 is 14.3 Å². The third-order valence-electron chi connectivity index (χ3n) is 3.51. The first-order chi connectivity index (χ1) is 11.4. The van der Waals surface area contributed by atoms with Gasteiger partial charge in [0.1, 0.15) is 11.5 Å². The van der Waals surface area contributed by atoms with Crippen LogP contribution in [0.25, 0.3) is 0 Å². The Morgan fingerprint density at radius 3 is 2.25 bits per heavy atom. The van der Waals surface area contributed by atoms with Gasteiger partial charge in [0.05, 0.1) is 31.1 Å². The van der Waals surface area contributed by atoms with E-state index in [9.17, 15) is 14.4 Å². The number of benzene rings is 1. The van der Waals surface area contributed by atoms with Gasteiger partial charge in [0.15, 0.2) is 11.6 Å². The number of carbonyl (C=O) groups excluding carboxylic acids is 3. The normalized spacial score (nSPS) is 13.6. The molecule has 126 valence electrons. The summed E-state index contributed by atoms with van der Waals surface area (Å²) in [5.74, 6) is -0.812. The fourth-order valence-corrected chi connectivity index (χ4v) is 2.31. The average Bonchev–Trinajstić information content (AvgIpc) is 2.60. The van der Waals surface area contributed by atoms with Crippen LogP contribution in [0, 0.1) is 0 Å². The molecule has 0 heterocycles. The molecule has 0 aliphatic heterocycles. The highest BCUT2D eigenvalue weighted by atomic mass is 16.7. The Balaban J connectivity index is 2.67. The summed E-state index contributed by atoms with van der Waals surface area (Å²) >= 11 is 0. The molecule has 0 unspecified atom stereocenters. The number of rotatable bonds is 5. The molecular formula is C17H17NO6. The predicted octanol–water partition coefficient (Wildman–Crippen LogP) is 2.32. The van der Waals surface area contributed by atoms with Crippen molar-refractivity contribution in [3.8, 4) is 11.5 Å². The van der Waals surface area contributed by atoms with E-state index in [0.717, 1.165) is 0 Å². The zero-order valence-corrected chi connectivity index (χ0v) is 13.8. The second kappa shape index (κ2) is 7.08. The van der Waals surface area contributed by atoms with Crippen molar-refractivity contribution in [3.05, 3.63) is 34.9 Å². The van der Waals surface area contributed by atoms with E-state index in [1.807, 2.05) is 0 Å². The lowest BCUT2D eigenvalue weighted by atomic mass is 9.89. The Labute approximate surface area is 138 Å². The molecule has 0 N–H and O–H groups in total. The smallest absolute Gasteiger partial charge is 0.334 e. The van der Waals surface area contributed by atoms with Crippen LogP contribution in [0.1, 0.15) is 46.5 Å². The second-order valence-electron chi connectivity index (χ2n) is 4.97. The molecule has 0 aromatic heterocycles. The second-order valence-corrected chi connectivity index (χ2v) is 4.97. The molecule has 2 rings (SSSR count). The van der Waals surface area contributed by atoms with Gasteiger partial charge in [-0.3, -0.25) is 9.59 Å². The van der Waals surface area contributed by atoms with Gasteiger partial charge in [0.2, 0.25) is 0 Å². The highest BCUT2D eigenvalue weighted by molar-refractivity contribution is 6.25. The standard InChI is InChI=1S/C17H17NO6/c1-5-14(21)24-18-9(2)10-8-13(22-3)15-11(19)6-7-12(20)16(15)17(10)23-4/h6-8H,5H2,1-4H3. The Morgan fingerprint density at radius 1 is 1.08 bits per heavy atom. The van der Waals surface area contributed by atoms with Crippen molar-refractivity contribution in [1.82, 2.24) is 0 Å². The number of hydrogen-bond acceptors (Lipinski definition) is 7. The highest BCUT2D eigenvalue weighted by Crippen LogP contribution is 2.37. The summed E-state index contributed by atoms with van der Waals surface area (Å²) in [7, 11) is 2.78. The zero-order chi connectivity index (χ0) is 17.9. The maximum Gasteiger partial charge on any atom is 0.334 e. The van der Waals surface area contributed by atoms with Crippen LogP contribution >= 0.6 is 0 Å². The van der Waals surface area contributed by atoms with E-state index < -0.39 is 5.97 Å². The van der Waals surface area contributed by atoms with Gasteiger partial charge in [0.25, 0.3) is 0 Å². The molecule has 7 heteroatoms. The molecular weight excluding hydrogens is 314 g/mol. The van der Waals surface area contributed by atoms with E-state index in [0.29, 0.717) is 11.3 Å². The molecule has 0 spiro atoms. The number of ether oxygens (including phenoxy) is 2. The molecule has 0 bridgehead atoms. The molecule has 1 aromatic carbocycles. The predicted molar refractivity (Wildman–Crippen MR) is 85.9 cm³/mol. The Bertz CT molecular complexity index is 776. The molecule has 24 heavy (non-hydrogen) atoms. The van der Waals surface area contributed by atoms with Gasteiger partial charge in [-0.1, -0.05) is 12.1 Å². The number of carbonyl (C=O) groups is 3. The van der Waals surface area contributed by atoms with Gasteiger partial charge in [-0.15, -0.1) is 0 Å². The van der Waals surface area contributed by atoms with E-state index in [1.54, 1.807) is 13.8 Å². The molecule has 0 saturated carbocycles. The quantitative estimate of drug-likeness (QED) is 0.467. The van der Waals surface area contributed by atoms with Gasteiger partial charge in [-0.25, -0.2) is 4.79 Å². The van der Waals surface area contributed by atoms with E-state index in [4.69, 9.17) is 14.3 Å². The minimum Gasteiger partial charge on any atom is -0.496 e. The Kier molecular flexibility index (Phi) is 5.13. The van der Waals surface area contributed by atoms with Crippen LogP contribution in [0.3, 0.4) is 0 Å². The summed E-state index contributed by atoms with van der Waals surface area (Å²) in [5, 5.41) is 3.76. The molecule has 7 nitrogen and oxygen atoms in total. The number of nitrogens with zero attached hydrogens (tertiary/aromatic N) is 1. The fourth-order valence-electron chi connectivity index (χ4n) is 2.31. The van der Waals surface area contributed by atoms with Crippen molar-refractivity contribution in [3.63, 3.8) is 0 Å².